The molecule has 0 bridgehead atoms. The van der Waals surface area contributed by atoms with E-state index in [9.17, 15) is 0 Å². The molecule has 2 N–H and O–H groups in total. The zero-order valence-corrected chi connectivity index (χ0v) is 13.6. The lowest BCUT2D eigenvalue weighted by molar-refractivity contribution is 0.340. The van der Waals surface area contributed by atoms with E-state index in [0.29, 0.717) is 11.7 Å². The number of benzene rings is 1. The predicted octanol–water partition coefficient (Wildman–Crippen LogP) is 3.78. The van der Waals surface area contributed by atoms with Gasteiger partial charge in [-0.3, -0.25) is 5.43 Å². The van der Waals surface area contributed by atoms with Crippen LogP contribution < -0.4 is 15.5 Å². The highest BCUT2D eigenvalue weighted by atomic mass is 32.1. The van der Waals surface area contributed by atoms with E-state index < -0.39 is 0 Å². The highest BCUT2D eigenvalue weighted by Gasteiger charge is 1.98. The Kier molecular flexibility index (Phi) is 5.71. The minimum atomic E-state index is 0.449. The van der Waals surface area contributed by atoms with Gasteiger partial charge in [0.1, 0.15) is 5.75 Å². The highest BCUT2D eigenvalue weighted by molar-refractivity contribution is 7.80. The van der Waals surface area contributed by atoms with Crippen molar-refractivity contribution >= 4 is 40.6 Å². The zero-order valence-electron chi connectivity index (χ0n) is 11.9. The van der Waals surface area contributed by atoms with Crippen molar-refractivity contribution in [3.8, 4) is 5.75 Å². The summed E-state index contributed by atoms with van der Waals surface area (Å²) in [6, 6.07) is 9.67. The molecular formula is C15H17N3OS2. The summed E-state index contributed by atoms with van der Waals surface area (Å²) >= 11 is 6.83. The normalized spacial score (nSPS) is 10.6. The third kappa shape index (κ3) is 4.84. The van der Waals surface area contributed by atoms with Gasteiger partial charge in [-0.25, -0.2) is 0 Å². The fourth-order valence-corrected chi connectivity index (χ4v) is 2.58. The number of hydrogen-bond donors (Lipinski definition) is 2. The number of rotatable bonds is 5. The van der Waals surface area contributed by atoms with Crippen LogP contribution in [0.1, 0.15) is 17.4 Å². The summed E-state index contributed by atoms with van der Waals surface area (Å²) in [4.78, 5) is 1.12. The number of thiocarbonyl (C=S) groups is 1. The summed E-state index contributed by atoms with van der Waals surface area (Å²) in [7, 11) is 0. The minimum Gasteiger partial charge on any atom is -0.494 e. The van der Waals surface area contributed by atoms with Gasteiger partial charge in [0.05, 0.1) is 12.8 Å². The first-order valence-corrected chi connectivity index (χ1v) is 7.85. The summed E-state index contributed by atoms with van der Waals surface area (Å²) in [6.45, 7) is 4.66. The van der Waals surface area contributed by atoms with Gasteiger partial charge in [0.15, 0.2) is 5.11 Å². The first-order valence-electron chi connectivity index (χ1n) is 6.56. The van der Waals surface area contributed by atoms with Crippen LogP contribution >= 0.6 is 23.6 Å². The molecule has 0 unspecified atom stereocenters. The Bertz CT molecular complexity index is 620. The van der Waals surface area contributed by atoms with Crippen molar-refractivity contribution in [2.75, 3.05) is 11.9 Å². The first-order chi connectivity index (χ1) is 10.2. The fourth-order valence-electron chi connectivity index (χ4n) is 1.63. The maximum absolute atomic E-state index is 5.38. The van der Waals surface area contributed by atoms with Crippen LogP contribution in [0.2, 0.25) is 0 Å². The third-order valence-corrected chi connectivity index (χ3v) is 3.82. The molecule has 1 heterocycles. The van der Waals surface area contributed by atoms with Crippen molar-refractivity contribution in [3.63, 3.8) is 0 Å². The van der Waals surface area contributed by atoms with Crippen LogP contribution in [0.4, 0.5) is 5.69 Å². The lowest BCUT2D eigenvalue weighted by Crippen LogP contribution is -2.23. The van der Waals surface area contributed by atoms with Crippen LogP contribution in [0, 0.1) is 6.92 Å². The van der Waals surface area contributed by atoms with Gasteiger partial charge in [-0.2, -0.15) is 5.10 Å². The average molecular weight is 319 g/mol. The Morgan fingerprint density at radius 2 is 2.10 bits per heavy atom. The number of nitrogens with zero attached hydrogens (tertiary/aromatic N) is 1. The molecule has 0 aliphatic carbocycles. The summed E-state index contributed by atoms with van der Waals surface area (Å²) in [5.74, 6) is 0.841. The van der Waals surface area contributed by atoms with E-state index in [-0.39, 0.29) is 0 Å². The Balaban J connectivity index is 1.84. The Hall–Kier alpha value is -1.92. The molecule has 2 rings (SSSR count). The molecule has 0 fully saturated rings. The molecule has 2 aromatic rings. The minimum absolute atomic E-state index is 0.449. The molecule has 0 atom stereocenters. The molecule has 1 aromatic heterocycles. The second-order valence-electron chi connectivity index (χ2n) is 4.25. The number of thiophene rings is 1. The van der Waals surface area contributed by atoms with Crippen LogP contribution in [0.5, 0.6) is 5.75 Å². The highest BCUT2D eigenvalue weighted by Crippen LogP contribution is 2.15. The van der Waals surface area contributed by atoms with Crippen molar-refractivity contribution in [1.29, 1.82) is 0 Å². The van der Waals surface area contributed by atoms with E-state index in [1.165, 1.54) is 5.56 Å². The molecule has 6 heteroatoms. The molecule has 21 heavy (non-hydrogen) atoms. The van der Waals surface area contributed by atoms with E-state index in [1.54, 1.807) is 17.6 Å². The van der Waals surface area contributed by atoms with Gasteiger partial charge in [-0.15, -0.1) is 11.3 Å². The van der Waals surface area contributed by atoms with Gasteiger partial charge in [0.25, 0.3) is 0 Å². The molecule has 0 radical (unpaired) electrons. The van der Waals surface area contributed by atoms with Crippen molar-refractivity contribution < 1.29 is 4.74 Å². The van der Waals surface area contributed by atoms with Crippen LogP contribution in [-0.2, 0) is 0 Å². The molecule has 1 aromatic carbocycles. The molecule has 0 aliphatic rings. The lowest BCUT2D eigenvalue weighted by atomic mass is 10.3. The second kappa shape index (κ2) is 7.75. The van der Waals surface area contributed by atoms with Crippen molar-refractivity contribution in [2.24, 2.45) is 5.10 Å². The van der Waals surface area contributed by atoms with E-state index in [4.69, 9.17) is 17.0 Å². The summed E-state index contributed by atoms with van der Waals surface area (Å²) in [6.07, 6.45) is 1.77. The monoisotopic (exact) mass is 319 g/mol. The Morgan fingerprint density at radius 1 is 1.33 bits per heavy atom. The van der Waals surface area contributed by atoms with E-state index in [2.05, 4.69) is 21.9 Å². The smallest absolute Gasteiger partial charge is 0.191 e. The quantitative estimate of drug-likeness (QED) is 0.500. The van der Waals surface area contributed by atoms with Gasteiger partial charge >= 0.3 is 0 Å². The number of aryl methyl sites for hydroxylation is 1. The third-order valence-electron chi connectivity index (χ3n) is 2.67. The largest absolute Gasteiger partial charge is 0.494 e. The van der Waals surface area contributed by atoms with Crippen LogP contribution in [-0.4, -0.2) is 17.9 Å². The van der Waals surface area contributed by atoms with Gasteiger partial charge in [0.2, 0.25) is 0 Å². The van der Waals surface area contributed by atoms with Gasteiger partial charge in [-0.1, -0.05) is 0 Å². The number of hydrogen-bond acceptors (Lipinski definition) is 4. The molecule has 0 amide bonds. The Morgan fingerprint density at radius 3 is 2.71 bits per heavy atom. The molecule has 0 spiro atoms. The number of hydrazone groups is 1. The van der Waals surface area contributed by atoms with Crippen molar-refractivity contribution in [2.45, 2.75) is 13.8 Å². The summed E-state index contributed by atoms with van der Waals surface area (Å²) in [5, 5.41) is 9.67. The van der Waals surface area contributed by atoms with Crippen molar-refractivity contribution in [3.05, 3.63) is 46.2 Å². The maximum atomic E-state index is 5.38. The van der Waals surface area contributed by atoms with Gasteiger partial charge < -0.3 is 10.1 Å². The predicted molar refractivity (Wildman–Crippen MR) is 93.6 cm³/mol. The van der Waals surface area contributed by atoms with E-state index >= 15 is 0 Å². The van der Waals surface area contributed by atoms with Crippen LogP contribution in [0.25, 0.3) is 0 Å². The molecule has 0 saturated heterocycles. The molecule has 0 saturated carbocycles. The summed E-state index contributed by atoms with van der Waals surface area (Å²) in [5.41, 5.74) is 4.89. The SMILES string of the molecule is CCOc1ccc(NC(=S)N/N=C/c2sccc2C)cc1. The lowest BCUT2D eigenvalue weighted by Gasteiger charge is -2.08. The van der Waals surface area contributed by atoms with Crippen LogP contribution in [0.15, 0.2) is 40.8 Å². The number of ether oxygens (including phenoxy) is 1. The molecule has 4 nitrogen and oxygen atoms in total. The van der Waals surface area contributed by atoms with Crippen LogP contribution in [0.3, 0.4) is 0 Å². The summed E-state index contributed by atoms with van der Waals surface area (Å²) < 4.78 is 5.38. The van der Waals surface area contributed by atoms with Gasteiger partial charge in [0, 0.05) is 10.6 Å². The maximum Gasteiger partial charge on any atom is 0.191 e. The first kappa shape index (κ1) is 15.5. The molecule has 0 aliphatic heterocycles. The van der Waals surface area contributed by atoms with Crippen molar-refractivity contribution in [1.82, 2.24) is 5.43 Å². The fraction of sp³-hybridized carbons (Fsp3) is 0.200. The molecule has 110 valence electrons. The zero-order chi connectivity index (χ0) is 15.1. The van der Waals surface area contributed by atoms with Gasteiger partial charge in [-0.05, 0) is 67.3 Å². The van der Waals surface area contributed by atoms with E-state index in [0.717, 1.165) is 16.3 Å². The Labute approximate surface area is 133 Å². The topological polar surface area (TPSA) is 45.6 Å². The number of anilines is 1. The van der Waals surface area contributed by atoms with E-state index in [1.807, 2.05) is 43.5 Å². The molecular weight excluding hydrogens is 302 g/mol. The number of nitrogens with one attached hydrogen (secondary N) is 2. The second-order valence-corrected chi connectivity index (χ2v) is 5.61. The average Bonchev–Trinajstić information content (AvgIpc) is 2.87. The standard InChI is InChI=1S/C15H17N3OS2/c1-3-19-13-6-4-12(5-7-13)17-15(20)18-16-10-14-11(2)8-9-21-14/h4-10H,3H2,1-2H3,(H2,17,18,20)/b16-10+.